The molecule has 1 saturated heterocycles. The zero-order valence-electron chi connectivity index (χ0n) is 11.3. The molecular formula is C12H20N4O3. The molecule has 1 aliphatic heterocycles. The molecule has 19 heavy (non-hydrogen) atoms. The molecule has 0 spiro atoms. The van der Waals surface area contributed by atoms with E-state index in [0.29, 0.717) is 43.7 Å². The molecule has 7 nitrogen and oxygen atoms in total. The molecule has 2 heterocycles. The van der Waals surface area contributed by atoms with Crippen LogP contribution in [0.2, 0.25) is 0 Å². The molecule has 0 aromatic carbocycles. The summed E-state index contributed by atoms with van der Waals surface area (Å²) in [6.07, 6.45) is 1.20. The number of rotatable bonds is 5. The molecule has 7 heteroatoms. The number of carboxylic acids is 1. The number of carboxylic acid groups (broad SMARTS) is 1. The molecule has 0 radical (unpaired) electrons. The van der Waals surface area contributed by atoms with E-state index in [0.717, 1.165) is 6.42 Å². The van der Waals surface area contributed by atoms with Crippen molar-refractivity contribution < 1.29 is 14.4 Å². The summed E-state index contributed by atoms with van der Waals surface area (Å²) in [7, 11) is 0. The smallest absolute Gasteiger partial charge is 0.325 e. The lowest BCUT2D eigenvalue weighted by molar-refractivity contribution is -0.142. The zero-order valence-corrected chi connectivity index (χ0v) is 11.3. The van der Waals surface area contributed by atoms with E-state index in [-0.39, 0.29) is 0 Å². The predicted molar refractivity (Wildman–Crippen MR) is 67.3 cm³/mol. The lowest BCUT2D eigenvalue weighted by Gasteiger charge is -2.18. The maximum Gasteiger partial charge on any atom is 0.325 e. The second-order valence-corrected chi connectivity index (χ2v) is 5.62. The van der Waals surface area contributed by atoms with E-state index in [4.69, 9.17) is 15.4 Å². The topological polar surface area (TPSA) is 105 Å². The number of nitrogens with zero attached hydrogens (tertiary/aromatic N) is 3. The number of aromatic nitrogens is 2. The quantitative estimate of drug-likeness (QED) is 0.788. The lowest BCUT2D eigenvalue weighted by Crippen LogP contribution is -2.50. The molecule has 2 rings (SSSR count). The summed E-state index contributed by atoms with van der Waals surface area (Å²) < 4.78 is 5.15. The molecule has 1 atom stereocenters. The van der Waals surface area contributed by atoms with Gasteiger partial charge in [-0.2, -0.15) is 4.98 Å². The third kappa shape index (κ3) is 3.30. The molecule has 0 amide bonds. The number of carbonyl (C=O) groups is 1. The highest BCUT2D eigenvalue weighted by atomic mass is 16.5. The van der Waals surface area contributed by atoms with E-state index in [1.807, 2.05) is 4.90 Å². The Bertz CT molecular complexity index is 460. The van der Waals surface area contributed by atoms with Crippen molar-refractivity contribution in [2.75, 3.05) is 13.1 Å². The molecule has 0 aliphatic carbocycles. The van der Waals surface area contributed by atoms with Crippen molar-refractivity contribution in [3.63, 3.8) is 0 Å². The van der Waals surface area contributed by atoms with E-state index in [1.54, 1.807) is 0 Å². The van der Waals surface area contributed by atoms with Gasteiger partial charge in [-0.05, 0) is 12.3 Å². The fourth-order valence-electron chi connectivity index (χ4n) is 2.21. The first-order valence-corrected chi connectivity index (χ1v) is 6.45. The fraction of sp³-hybridized carbons (Fsp3) is 0.750. The van der Waals surface area contributed by atoms with E-state index >= 15 is 0 Å². The average Bonchev–Trinajstić information content (AvgIpc) is 2.87. The van der Waals surface area contributed by atoms with E-state index in [9.17, 15) is 4.79 Å². The minimum absolute atomic E-state index is 0.316. The van der Waals surface area contributed by atoms with Gasteiger partial charge >= 0.3 is 5.97 Å². The monoisotopic (exact) mass is 268 g/mol. The van der Waals surface area contributed by atoms with Crippen molar-refractivity contribution in [3.05, 3.63) is 11.7 Å². The third-order valence-electron chi connectivity index (χ3n) is 3.26. The summed E-state index contributed by atoms with van der Waals surface area (Å²) in [6, 6.07) is 0. The van der Waals surface area contributed by atoms with Crippen LogP contribution in [-0.4, -0.2) is 44.7 Å². The minimum Gasteiger partial charge on any atom is -0.480 e. The Labute approximate surface area is 111 Å². The Morgan fingerprint density at radius 1 is 1.63 bits per heavy atom. The van der Waals surface area contributed by atoms with Crippen molar-refractivity contribution >= 4 is 5.97 Å². The van der Waals surface area contributed by atoms with Crippen LogP contribution in [-0.2, 0) is 17.8 Å². The highest BCUT2D eigenvalue weighted by Crippen LogP contribution is 2.20. The van der Waals surface area contributed by atoms with Gasteiger partial charge in [0.05, 0.1) is 6.54 Å². The standard InChI is InChI=1S/C12H20N4O3/c1-8(2)5-10-14-9(15-19-10)6-16-4-3-12(13,7-16)11(17)18/h8H,3-7,13H2,1-2H3,(H,17,18). The largest absolute Gasteiger partial charge is 0.480 e. The number of nitrogens with two attached hydrogens (primary N) is 1. The van der Waals surface area contributed by atoms with E-state index < -0.39 is 11.5 Å². The van der Waals surface area contributed by atoms with Gasteiger partial charge in [0.15, 0.2) is 5.82 Å². The predicted octanol–water partition coefficient (Wildman–Crippen LogP) is 0.256. The number of hydrogen-bond acceptors (Lipinski definition) is 6. The first-order chi connectivity index (χ1) is 8.89. The minimum atomic E-state index is -1.15. The normalized spacial score (nSPS) is 24.2. The maximum atomic E-state index is 11.0. The second-order valence-electron chi connectivity index (χ2n) is 5.62. The van der Waals surface area contributed by atoms with Gasteiger partial charge in [0, 0.05) is 19.5 Å². The van der Waals surface area contributed by atoms with Crippen molar-refractivity contribution in [2.45, 2.75) is 38.8 Å². The Hall–Kier alpha value is -1.47. The Morgan fingerprint density at radius 2 is 2.37 bits per heavy atom. The van der Waals surface area contributed by atoms with Crippen molar-refractivity contribution in [3.8, 4) is 0 Å². The Morgan fingerprint density at radius 3 is 2.95 bits per heavy atom. The molecule has 0 bridgehead atoms. The van der Waals surface area contributed by atoms with E-state index in [1.165, 1.54) is 0 Å². The van der Waals surface area contributed by atoms with Crippen molar-refractivity contribution in [1.82, 2.24) is 15.0 Å². The van der Waals surface area contributed by atoms with Crippen LogP contribution in [0.4, 0.5) is 0 Å². The molecule has 1 aromatic heterocycles. The number of likely N-dealkylation sites (tertiary alicyclic amines) is 1. The molecule has 3 N–H and O–H groups in total. The zero-order chi connectivity index (χ0) is 14.0. The average molecular weight is 268 g/mol. The molecular weight excluding hydrogens is 248 g/mol. The van der Waals surface area contributed by atoms with Gasteiger partial charge in [-0.25, -0.2) is 0 Å². The Balaban J connectivity index is 1.92. The first kappa shape index (κ1) is 14.0. The first-order valence-electron chi connectivity index (χ1n) is 6.45. The molecule has 1 aliphatic rings. The van der Waals surface area contributed by atoms with Crippen LogP contribution in [0.15, 0.2) is 4.52 Å². The lowest BCUT2D eigenvalue weighted by atomic mass is 10.0. The van der Waals surface area contributed by atoms with Crippen LogP contribution in [0.5, 0.6) is 0 Å². The second kappa shape index (κ2) is 5.26. The summed E-state index contributed by atoms with van der Waals surface area (Å²) in [5.74, 6) is 0.721. The van der Waals surface area contributed by atoms with Gasteiger partial charge in [0.25, 0.3) is 0 Å². The SMILES string of the molecule is CC(C)Cc1nc(CN2CCC(N)(C(=O)O)C2)no1. The summed E-state index contributed by atoms with van der Waals surface area (Å²) in [5, 5.41) is 13.0. The van der Waals surface area contributed by atoms with Crippen LogP contribution < -0.4 is 5.73 Å². The van der Waals surface area contributed by atoms with Gasteiger partial charge in [-0.3, -0.25) is 9.69 Å². The van der Waals surface area contributed by atoms with Crippen LogP contribution in [0, 0.1) is 5.92 Å². The highest BCUT2D eigenvalue weighted by Gasteiger charge is 2.41. The summed E-state index contributed by atoms with van der Waals surface area (Å²) in [5.41, 5.74) is 4.66. The molecule has 1 aromatic rings. The molecule has 0 saturated carbocycles. The van der Waals surface area contributed by atoms with Crippen LogP contribution in [0.25, 0.3) is 0 Å². The van der Waals surface area contributed by atoms with Gasteiger partial charge in [0.2, 0.25) is 5.89 Å². The molecule has 106 valence electrons. The highest BCUT2D eigenvalue weighted by molar-refractivity contribution is 5.79. The molecule has 1 fully saturated rings. The Kier molecular flexibility index (Phi) is 3.86. The van der Waals surface area contributed by atoms with Crippen LogP contribution >= 0.6 is 0 Å². The summed E-state index contributed by atoms with van der Waals surface area (Å²) in [6.45, 7) is 5.60. The number of aliphatic carboxylic acids is 1. The van der Waals surface area contributed by atoms with Crippen LogP contribution in [0.3, 0.4) is 0 Å². The fourth-order valence-corrected chi connectivity index (χ4v) is 2.21. The van der Waals surface area contributed by atoms with Gasteiger partial charge < -0.3 is 15.4 Å². The van der Waals surface area contributed by atoms with Gasteiger partial charge in [-0.15, -0.1) is 0 Å². The van der Waals surface area contributed by atoms with E-state index in [2.05, 4.69) is 24.0 Å². The van der Waals surface area contributed by atoms with Gasteiger partial charge in [-0.1, -0.05) is 19.0 Å². The number of hydrogen-bond donors (Lipinski definition) is 2. The van der Waals surface area contributed by atoms with Crippen molar-refractivity contribution in [2.24, 2.45) is 11.7 Å². The summed E-state index contributed by atoms with van der Waals surface area (Å²) in [4.78, 5) is 17.3. The summed E-state index contributed by atoms with van der Waals surface area (Å²) >= 11 is 0. The third-order valence-corrected chi connectivity index (χ3v) is 3.26. The maximum absolute atomic E-state index is 11.0. The van der Waals surface area contributed by atoms with Crippen molar-refractivity contribution in [1.29, 1.82) is 0 Å². The molecule has 1 unspecified atom stereocenters. The van der Waals surface area contributed by atoms with Gasteiger partial charge in [0.1, 0.15) is 5.54 Å². The van der Waals surface area contributed by atoms with Crippen LogP contribution in [0.1, 0.15) is 32.0 Å².